The minimum absolute atomic E-state index is 0.0464. The second-order valence-corrected chi connectivity index (χ2v) is 12.2. The number of anilines is 2. The van der Waals surface area contributed by atoms with Crippen LogP contribution in [0.2, 0.25) is 0 Å². The van der Waals surface area contributed by atoms with Crippen molar-refractivity contribution in [2.45, 2.75) is 71.6 Å². The molecule has 3 aromatic heterocycles. The molecular weight excluding hydrogens is 630 g/mol. The Morgan fingerprint density at radius 1 is 1.09 bits per heavy atom. The van der Waals surface area contributed by atoms with Crippen LogP contribution in [0.25, 0.3) is 22.2 Å². The monoisotopic (exact) mass is 670 g/mol. The summed E-state index contributed by atoms with van der Waals surface area (Å²) in [7, 11) is 0. The maximum Gasteiger partial charge on any atom is 0.418 e. The van der Waals surface area contributed by atoms with Crippen LogP contribution in [0.15, 0.2) is 6.07 Å². The lowest BCUT2D eigenvalue weighted by Crippen LogP contribution is -2.33. The van der Waals surface area contributed by atoms with Gasteiger partial charge < -0.3 is 25.8 Å². The van der Waals surface area contributed by atoms with E-state index in [9.17, 15) is 22.0 Å². The van der Waals surface area contributed by atoms with Crippen LogP contribution < -0.4 is 25.8 Å². The fourth-order valence-electron chi connectivity index (χ4n) is 5.93. The van der Waals surface area contributed by atoms with Crippen LogP contribution in [-0.2, 0) is 6.18 Å². The van der Waals surface area contributed by atoms with E-state index in [-0.39, 0.29) is 66.0 Å². The lowest BCUT2D eigenvalue weighted by molar-refractivity contribution is -0.137. The van der Waals surface area contributed by atoms with Crippen molar-refractivity contribution in [1.29, 1.82) is 0 Å². The summed E-state index contributed by atoms with van der Waals surface area (Å²) in [5.41, 5.74) is 2.19. The minimum atomic E-state index is -4.90. The van der Waals surface area contributed by atoms with Crippen LogP contribution in [-0.4, -0.2) is 82.7 Å². The Kier molecular flexibility index (Phi) is 9.92. The highest BCUT2D eigenvalue weighted by atomic mass is 19.4. The molecule has 1 saturated heterocycles. The second-order valence-electron chi connectivity index (χ2n) is 12.2. The molecule has 16 heteroatoms. The third kappa shape index (κ3) is 7.74. The lowest BCUT2D eigenvalue weighted by Gasteiger charge is -2.23. The molecule has 1 aliphatic carbocycles. The van der Waals surface area contributed by atoms with Crippen LogP contribution in [0.1, 0.15) is 57.7 Å². The molecule has 47 heavy (non-hydrogen) atoms. The summed E-state index contributed by atoms with van der Waals surface area (Å²) in [6.07, 6.45) is -3.51. The first-order chi connectivity index (χ1) is 22.2. The quantitative estimate of drug-likeness (QED) is 0.276. The average molecular weight is 671 g/mol. The van der Waals surface area contributed by atoms with Crippen LogP contribution in [0.4, 0.5) is 38.0 Å². The summed E-state index contributed by atoms with van der Waals surface area (Å²) in [6.45, 7) is 8.86. The number of rotatable bonds is 6. The highest BCUT2D eigenvalue weighted by molar-refractivity contribution is 5.96. The number of nitrogens with two attached hydrogens (primary N) is 1. The van der Waals surface area contributed by atoms with Gasteiger partial charge in [0.2, 0.25) is 5.88 Å². The second kappa shape index (κ2) is 13.5. The zero-order chi connectivity index (χ0) is 34.1. The molecule has 0 radical (unpaired) electrons. The molecule has 6 rings (SSSR count). The third-order valence-corrected chi connectivity index (χ3v) is 8.40. The fraction of sp³-hybridized carbons (Fsp3) is 0.613. The lowest BCUT2D eigenvalue weighted by atomic mass is 10.0. The molecule has 4 N–H and O–H groups in total. The average Bonchev–Trinajstić information content (AvgIpc) is 3.68. The summed E-state index contributed by atoms with van der Waals surface area (Å²) >= 11 is 0. The van der Waals surface area contributed by atoms with Gasteiger partial charge in [-0.1, -0.05) is 13.8 Å². The van der Waals surface area contributed by atoms with Gasteiger partial charge in [-0.15, -0.1) is 0 Å². The summed E-state index contributed by atoms with van der Waals surface area (Å²) in [4.78, 5) is 18.5. The SMILES string of the molecule is CC.Cc1nc(N)cc(-c2nc3c4c(nc(OCC5(CN6CCC(F)(F)C6)CC5)nc4c2F)NCCNCCC(C)O3)c1C(F)(F)F. The van der Waals surface area contributed by atoms with Crippen LogP contribution >= 0.6 is 0 Å². The molecule has 0 amide bonds. The summed E-state index contributed by atoms with van der Waals surface area (Å²) < 4.78 is 98.9. The van der Waals surface area contributed by atoms with E-state index in [0.717, 1.165) is 25.8 Å². The minimum Gasteiger partial charge on any atom is -0.474 e. The number of nitrogen functional groups attached to an aromatic ring is 1. The van der Waals surface area contributed by atoms with Crippen molar-refractivity contribution in [2.24, 2.45) is 5.41 Å². The summed E-state index contributed by atoms with van der Waals surface area (Å²) in [6, 6.07) is 0.705. The van der Waals surface area contributed by atoms with Crippen LogP contribution in [0, 0.1) is 18.2 Å². The number of likely N-dealkylation sites (tertiary alicyclic amines) is 1. The molecule has 1 saturated carbocycles. The molecule has 3 aromatic rings. The predicted octanol–water partition coefficient (Wildman–Crippen LogP) is 5.83. The number of nitrogens with zero attached hydrogens (tertiary/aromatic N) is 5. The van der Waals surface area contributed by atoms with Crippen molar-refractivity contribution in [1.82, 2.24) is 30.2 Å². The molecule has 5 heterocycles. The number of hydrogen-bond donors (Lipinski definition) is 3. The van der Waals surface area contributed by atoms with E-state index < -0.39 is 46.5 Å². The molecule has 2 aliphatic heterocycles. The number of ether oxygens (including phenoxy) is 2. The van der Waals surface area contributed by atoms with Gasteiger partial charge in [0.1, 0.15) is 28.2 Å². The first-order valence-corrected chi connectivity index (χ1v) is 15.8. The van der Waals surface area contributed by atoms with Crippen molar-refractivity contribution in [3.63, 3.8) is 0 Å². The Balaban J connectivity index is 0.00000213. The molecule has 258 valence electrons. The standard InChI is InChI=1S/C29H34F6N8O2.C2H6/c1-15-3-7-37-8-9-38-24-19-23(41-26(42-24)44-14-27(4-5-27)12-43-10-6-28(31,32)13-43)21(30)22(40-25(19)45-15)17-11-18(36)39-16(2)20(17)29(33,34)35;1-2/h11,15,37H,3-10,12-14H2,1-2H3,(H2,36,39)(H,38,41,42);1-2H3. The molecule has 1 atom stereocenters. The van der Waals surface area contributed by atoms with Gasteiger partial charge in [-0.25, -0.2) is 23.1 Å². The van der Waals surface area contributed by atoms with Gasteiger partial charge in [-0.2, -0.15) is 23.1 Å². The number of pyridine rings is 2. The Hall–Kier alpha value is -3.66. The number of hydrogen-bond acceptors (Lipinski definition) is 10. The molecule has 3 aliphatic rings. The number of alkyl halides is 5. The number of halogens is 6. The van der Waals surface area contributed by atoms with Crippen LogP contribution in [0.3, 0.4) is 0 Å². The van der Waals surface area contributed by atoms with Crippen molar-refractivity contribution in [2.75, 3.05) is 56.9 Å². The van der Waals surface area contributed by atoms with E-state index >= 15 is 4.39 Å². The Morgan fingerprint density at radius 3 is 2.49 bits per heavy atom. The molecule has 10 nitrogen and oxygen atoms in total. The zero-order valence-corrected chi connectivity index (χ0v) is 26.8. The zero-order valence-electron chi connectivity index (χ0n) is 26.8. The predicted molar refractivity (Wildman–Crippen MR) is 165 cm³/mol. The van der Waals surface area contributed by atoms with E-state index in [4.69, 9.17) is 15.2 Å². The van der Waals surface area contributed by atoms with Gasteiger partial charge in [-0.3, -0.25) is 4.90 Å². The highest BCUT2D eigenvalue weighted by Crippen LogP contribution is 2.48. The van der Waals surface area contributed by atoms with E-state index in [0.29, 0.717) is 32.6 Å². The smallest absolute Gasteiger partial charge is 0.418 e. The van der Waals surface area contributed by atoms with E-state index in [1.165, 1.54) is 0 Å². The van der Waals surface area contributed by atoms with Crippen molar-refractivity contribution in [3.05, 3.63) is 23.1 Å². The number of aromatic nitrogens is 4. The van der Waals surface area contributed by atoms with E-state index in [2.05, 4.69) is 30.6 Å². The molecule has 0 spiro atoms. The third-order valence-electron chi connectivity index (χ3n) is 8.40. The molecule has 2 fully saturated rings. The van der Waals surface area contributed by atoms with Gasteiger partial charge in [0, 0.05) is 43.6 Å². The largest absolute Gasteiger partial charge is 0.474 e. The van der Waals surface area contributed by atoms with Crippen molar-refractivity contribution >= 4 is 22.5 Å². The van der Waals surface area contributed by atoms with Crippen LogP contribution in [0.5, 0.6) is 11.9 Å². The normalized spacial score (nSPS) is 20.8. The maximum absolute atomic E-state index is 16.5. The topological polar surface area (TPSA) is 123 Å². The fourth-order valence-corrected chi connectivity index (χ4v) is 5.93. The first-order valence-electron chi connectivity index (χ1n) is 15.8. The van der Waals surface area contributed by atoms with Gasteiger partial charge in [0.05, 0.1) is 30.5 Å². The van der Waals surface area contributed by atoms with Gasteiger partial charge >= 0.3 is 12.2 Å². The van der Waals surface area contributed by atoms with Gasteiger partial charge in [0.25, 0.3) is 5.92 Å². The molecule has 0 aromatic carbocycles. The van der Waals surface area contributed by atoms with Gasteiger partial charge in [-0.05, 0) is 45.7 Å². The first kappa shape index (κ1) is 34.7. The van der Waals surface area contributed by atoms with E-state index in [1.807, 2.05) is 13.8 Å². The van der Waals surface area contributed by atoms with Gasteiger partial charge in [0.15, 0.2) is 5.82 Å². The maximum atomic E-state index is 16.5. The summed E-state index contributed by atoms with van der Waals surface area (Å²) in [5, 5.41) is 6.42. The Bertz CT molecular complexity index is 1600. The van der Waals surface area contributed by atoms with Crippen molar-refractivity contribution in [3.8, 4) is 23.1 Å². The Labute approximate surface area is 268 Å². The highest BCUT2D eigenvalue weighted by Gasteiger charge is 2.48. The summed E-state index contributed by atoms with van der Waals surface area (Å²) in [5.74, 6) is -4.14. The Morgan fingerprint density at radius 2 is 1.83 bits per heavy atom. The molecular formula is C31H40F6N8O2. The molecule has 1 unspecified atom stereocenters. The molecule has 0 bridgehead atoms. The number of aryl methyl sites for hydroxylation is 1. The number of nitrogens with one attached hydrogen (secondary N) is 2. The van der Waals surface area contributed by atoms with E-state index in [1.54, 1.807) is 11.8 Å². The van der Waals surface area contributed by atoms with Crippen molar-refractivity contribution < 1.29 is 35.8 Å².